The van der Waals surface area contributed by atoms with Gasteiger partial charge in [0.15, 0.2) is 6.61 Å². The molecule has 34 heavy (non-hydrogen) atoms. The normalized spacial score (nSPS) is 23.0. The third-order valence-corrected chi connectivity index (χ3v) is 7.43. The van der Waals surface area contributed by atoms with Crippen molar-refractivity contribution in [3.05, 3.63) is 58.0 Å². The van der Waals surface area contributed by atoms with Gasteiger partial charge in [0.1, 0.15) is 17.9 Å². The van der Waals surface area contributed by atoms with Crippen molar-refractivity contribution in [3.8, 4) is 0 Å². The van der Waals surface area contributed by atoms with E-state index in [9.17, 15) is 23.6 Å². The fourth-order valence-electron chi connectivity index (χ4n) is 4.59. The number of ether oxygens (including phenoxy) is 1. The highest BCUT2D eigenvalue weighted by atomic mass is 32.1. The van der Waals surface area contributed by atoms with E-state index in [0.29, 0.717) is 12.0 Å². The van der Waals surface area contributed by atoms with Crippen LogP contribution in [0.1, 0.15) is 49.1 Å². The third-order valence-electron chi connectivity index (χ3n) is 6.49. The van der Waals surface area contributed by atoms with Crippen molar-refractivity contribution in [1.82, 2.24) is 15.5 Å². The van der Waals surface area contributed by atoms with Crippen LogP contribution in [0.4, 0.5) is 9.18 Å². The van der Waals surface area contributed by atoms with E-state index in [1.54, 1.807) is 12.1 Å². The summed E-state index contributed by atoms with van der Waals surface area (Å²) in [5, 5.41) is 7.42. The van der Waals surface area contributed by atoms with E-state index in [-0.39, 0.29) is 11.7 Å². The van der Waals surface area contributed by atoms with Crippen molar-refractivity contribution < 1.29 is 28.3 Å². The summed E-state index contributed by atoms with van der Waals surface area (Å²) in [5.41, 5.74) is -0.287. The molecule has 4 rings (SSSR count). The lowest BCUT2D eigenvalue weighted by atomic mass is 9.73. The standard InChI is InChI=1S/C24H26FN3O5S/c1-15-5-2-3-11-24(15)22(31)28(23(32)27-24)13-20(30)33-14-19(29)26-21(18-6-4-12-34-18)16-7-9-17(25)10-8-16/h4,6-10,12,15,21H,2-3,5,11,13-14H2,1H3,(H,26,29)(H,27,32)/t15-,21-,24+/m1/s1. The van der Waals surface area contributed by atoms with Crippen molar-refractivity contribution in [2.75, 3.05) is 13.2 Å². The minimum atomic E-state index is -0.962. The van der Waals surface area contributed by atoms with Crippen LogP contribution in [-0.4, -0.2) is 47.4 Å². The molecule has 2 fully saturated rings. The zero-order chi connectivity index (χ0) is 24.3. The van der Waals surface area contributed by atoms with Crippen LogP contribution in [0.15, 0.2) is 41.8 Å². The summed E-state index contributed by atoms with van der Waals surface area (Å²) in [6.07, 6.45) is 3.19. The fourth-order valence-corrected chi connectivity index (χ4v) is 5.39. The van der Waals surface area contributed by atoms with Gasteiger partial charge in [-0.05, 0) is 47.9 Å². The molecule has 0 unspecified atom stereocenters. The second-order valence-electron chi connectivity index (χ2n) is 8.67. The van der Waals surface area contributed by atoms with Crippen LogP contribution < -0.4 is 10.6 Å². The Hall–Kier alpha value is -3.27. The van der Waals surface area contributed by atoms with Gasteiger partial charge in [-0.1, -0.05) is 38.0 Å². The number of urea groups is 1. The van der Waals surface area contributed by atoms with E-state index in [0.717, 1.165) is 29.0 Å². The van der Waals surface area contributed by atoms with Gasteiger partial charge in [0.05, 0.1) is 6.04 Å². The number of halogens is 1. The predicted molar refractivity (Wildman–Crippen MR) is 122 cm³/mol. The number of amides is 4. The van der Waals surface area contributed by atoms with E-state index in [1.807, 2.05) is 24.4 Å². The molecule has 2 aromatic rings. The largest absolute Gasteiger partial charge is 0.454 e. The molecular formula is C24H26FN3O5S. The Balaban J connectivity index is 1.34. The summed E-state index contributed by atoms with van der Waals surface area (Å²) in [5.74, 6) is -2.25. The topological polar surface area (TPSA) is 105 Å². The van der Waals surface area contributed by atoms with E-state index in [2.05, 4.69) is 10.6 Å². The molecule has 1 aromatic carbocycles. The summed E-state index contributed by atoms with van der Waals surface area (Å²) in [6.45, 7) is 0.792. The van der Waals surface area contributed by atoms with Crippen LogP contribution in [0.2, 0.25) is 0 Å². The lowest BCUT2D eigenvalue weighted by molar-refractivity contribution is -0.151. The molecule has 1 aromatic heterocycles. The fraction of sp³-hybridized carbons (Fsp3) is 0.417. The van der Waals surface area contributed by atoms with Crippen LogP contribution in [-0.2, 0) is 19.1 Å². The molecule has 0 bridgehead atoms. The number of rotatable bonds is 7. The van der Waals surface area contributed by atoms with Crippen molar-refractivity contribution in [2.24, 2.45) is 5.92 Å². The van der Waals surface area contributed by atoms with E-state index < -0.39 is 48.5 Å². The second-order valence-corrected chi connectivity index (χ2v) is 9.65. The molecule has 2 N–H and O–H groups in total. The maximum absolute atomic E-state index is 13.3. The van der Waals surface area contributed by atoms with Crippen LogP contribution in [0.25, 0.3) is 0 Å². The van der Waals surface area contributed by atoms with Gasteiger partial charge in [0, 0.05) is 4.88 Å². The average molecular weight is 488 g/mol. The SMILES string of the molecule is C[C@@H]1CCCC[C@]12NC(=O)N(CC(=O)OCC(=O)N[C@H](c1ccc(F)cc1)c1cccs1)C2=O. The molecule has 1 aliphatic heterocycles. The maximum Gasteiger partial charge on any atom is 0.326 e. The van der Waals surface area contributed by atoms with Gasteiger partial charge < -0.3 is 15.4 Å². The lowest BCUT2D eigenvalue weighted by Gasteiger charge is -2.36. The number of esters is 1. The van der Waals surface area contributed by atoms with Gasteiger partial charge in [-0.3, -0.25) is 19.3 Å². The molecule has 4 amide bonds. The van der Waals surface area contributed by atoms with Gasteiger partial charge in [-0.2, -0.15) is 0 Å². The van der Waals surface area contributed by atoms with Gasteiger partial charge >= 0.3 is 12.0 Å². The molecular weight excluding hydrogens is 461 g/mol. The van der Waals surface area contributed by atoms with Gasteiger partial charge in [-0.25, -0.2) is 9.18 Å². The molecule has 3 atom stereocenters. The Morgan fingerprint density at radius 1 is 1.26 bits per heavy atom. The number of carbonyl (C=O) groups is 4. The Morgan fingerprint density at radius 3 is 2.71 bits per heavy atom. The minimum Gasteiger partial charge on any atom is -0.454 e. The van der Waals surface area contributed by atoms with Crippen LogP contribution in [0, 0.1) is 11.7 Å². The Labute approximate surface area is 200 Å². The second kappa shape index (κ2) is 9.92. The molecule has 8 nitrogen and oxygen atoms in total. The molecule has 2 aliphatic rings. The number of thiophene rings is 1. The minimum absolute atomic E-state index is 0.0230. The Kier molecular flexibility index (Phi) is 6.97. The van der Waals surface area contributed by atoms with Crippen molar-refractivity contribution in [1.29, 1.82) is 0 Å². The third kappa shape index (κ3) is 4.82. The zero-order valence-electron chi connectivity index (χ0n) is 18.7. The highest BCUT2D eigenvalue weighted by Crippen LogP contribution is 2.38. The van der Waals surface area contributed by atoms with Gasteiger partial charge in [0.25, 0.3) is 11.8 Å². The first-order chi connectivity index (χ1) is 16.3. The highest BCUT2D eigenvalue weighted by molar-refractivity contribution is 7.10. The monoisotopic (exact) mass is 487 g/mol. The smallest absolute Gasteiger partial charge is 0.326 e. The Bertz CT molecular complexity index is 1070. The highest BCUT2D eigenvalue weighted by Gasteiger charge is 2.55. The first kappa shape index (κ1) is 23.9. The number of carbonyl (C=O) groups excluding carboxylic acids is 4. The molecule has 1 aliphatic carbocycles. The summed E-state index contributed by atoms with van der Waals surface area (Å²) in [4.78, 5) is 52.0. The van der Waals surface area contributed by atoms with Crippen molar-refractivity contribution >= 4 is 35.2 Å². The lowest BCUT2D eigenvalue weighted by Crippen LogP contribution is -2.54. The van der Waals surface area contributed by atoms with E-state index >= 15 is 0 Å². The van der Waals surface area contributed by atoms with E-state index in [1.165, 1.54) is 23.5 Å². The summed E-state index contributed by atoms with van der Waals surface area (Å²) < 4.78 is 18.4. The average Bonchev–Trinajstić information content (AvgIpc) is 3.43. The summed E-state index contributed by atoms with van der Waals surface area (Å²) in [7, 11) is 0. The predicted octanol–water partition coefficient (Wildman–Crippen LogP) is 3.14. The van der Waals surface area contributed by atoms with Crippen LogP contribution >= 0.6 is 11.3 Å². The number of nitrogens with zero attached hydrogens (tertiary/aromatic N) is 1. The first-order valence-corrected chi connectivity index (χ1v) is 12.1. The number of benzene rings is 1. The first-order valence-electron chi connectivity index (χ1n) is 11.2. The molecule has 1 saturated carbocycles. The van der Waals surface area contributed by atoms with Crippen LogP contribution in [0.3, 0.4) is 0 Å². The number of nitrogens with one attached hydrogen (secondary N) is 2. The number of hydrogen-bond donors (Lipinski definition) is 2. The van der Waals surface area contributed by atoms with E-state index in [4.69, 9.17) is 4.74 Å². The molecule has 180 valence electrons. The quantitative estimate of drug-likeness (QED) is 0.461. The summed E-state index contributed by atoms with van der Waals surface area (Å²) in [6, 6.07) is 8.28. The zero-order valence-corrected chi connectivity index (χ0v) is 19.5. The van der Waals surface area contributed by atoms with Crippen LogP contribution in [0.5, 0.6) is 0 Å². The molecule has 1 spiro atoms. The molecule has 0 radical (unpaired) electrons. The molecule has 1 saturated heterocycles. The molecule has 10 heteroatoms. The van der Waals surface area contributed by atoms with Crippen molar-refractivity contribution in [2.45, 2.75) is 44.2 Å². The number of hydrogen-bond acceptors (Lipinski definition) is 6. The van der Waals surface area contributed by atoms with Gasteiger partial charge in [0.2, 0.25) is 0 Å². The Morgan fingerprint density at radius 2 is 2.03 bits per heavy atom. The summed E-state index contributed by atoms with van der Waals surface area (Å²) >= 11 is 1.42. The van der Waals surface area contributed by atoms with Crippen molar-refractivity contribution in [3.63, 3.8) is 0 Å². The number of imide groups is 1. The molecule has 2 heterocycles. The maximum atomic E-state index is 13.3. The van der Waals surface area contributed by atoms with Gasteiger partial charge in [-0.15, -0.1) is 11.3 Å².